The van der Waals surface area contributed by atoms with Crippen LogP contribution < -0.4 is 15.1 Å². The number of hydrogen-bond donors (Lipinski definition) is 3. The highest BCUT2D eigenvalue weighted by Crippen LogP contribution is 2.29. The molecule has 23 heavy (non-hydrogen) atoms. The van der Waals surface area contributed by atoms with Crippen LogP contribution in [0.4, 0.5) is 13.2 Å². The van der Waals surface area contributed by atoms with Crippen molar-refractivity contribution in [3.8, 4) is 0 Å². The van der Waals surface area contributed by atoms with Crippen LogP contribution in [-0.4, -0.2) is 45.2 Å². The summed E-state index contributed by atoms with van der Waals surface area (Å²) in [4.78, 5) is 14.2. The molecule has 1 aliphatic rings. The molecule has 1 heterocycles. The van der Waals surface area contributed by atoms with Crippen LogP contribution >= 0.6 is 0 Å². The van der Waals surface area contributed by atoms with Gasteiger partial charge in [0.05, 0.1) is 5.56 Å². The molecular weight excluding hydrogens is 307 g/mol. The van der Waals surface area contributed by atoms with E-state index in [9.17, 15) is 18.0 Å². The van der Waals surface area contributed by atoms with E-state index in [-0.39, 0.29) is 11.9 Å². The topological polar surface area (TPSA) is 38.0 Å². The molecule has 1 amide bonds. The molecule has 0 aromatic heterocycles. The highest BCUT2D eigenvalue weighted by atomic mass is 19.4. The Labute approximate surface area is 134 Å². The summed E-state index contributed by atoms with van der Waals surface area (Å²) in [5.41, 5.74) is 0.115. The van der Waals surface area contributed by atoms with E-state index in [1.807, 2.05) is 6.92 Å². The number of benzene rings is 1. The first-order valence-corrected chi connectivity index (χ1v) is 7.87. The van der Waals surface area contributed by atoms with Gasteiger partial charge in [-0.05, 0) is 19.1 Å². The predicted molar refractivity (Wildman–Crippen MR) is 80.1 cm³/mol. The predicted octanol–water partition coefficient (Wildman–Crippen LogP) is -0.877. The summed E-state index contributed by atoms with van der Waals surface area (Å²) in [6.07, 6.45) is -4.29. The van der Waals surface area contributed by atoms with E-state index in [1.54, 1.807) is 13.1 Å². The standard InChI is InChI=1S/C16H22F3N3O/c1-12(15(23)20-2)22-8-6-21(7-9-22)11-13-4-3-5-14(10-13)16(17,18)19/h3-5,10,12H,6-9,11H2,1-2H3,(H,20,23)/p+2/t12-/m1/s1. The van der Waals surface area contributed by atoms with Crippen molar-refractivity contribution >= 4 is 5.91 Å². The highest BCUT2D eigenvalue weighted by Gasteiger charge is 2.32. The molecule has 2 rings (SSSR count). The third-order valence-corrected chi connectivity index (χ3v) is 4.56. The minimum atomic E-state index is -4.29. The van der Waals surface area contributed by atoms with E-state index in [1.165, 1.54) is 21.9 Å². The number of hydrogen-bond acceptors (Lipinski definition) is 1. The van der Waals surface area contributed by atoms with Crippen molar-refractivity contribution in [3.05, 3.63) is 35.4 Å². The second kappa shape index (κ2) is 7.31. The summed E-state index contributed by atoms with van der Waals surface area (Å²) in [6.45, 7) is 5.91. The number of carbonyl (C=O) groups excluding carboxylic acids is 1. The van der Waals surface area contributed by atoms with Crippen LogP contribution in [0.2, 0.25) is 0 Å². The maximum atomic E-state index is 12.7. The second-order valence-corrected chi connectivity index (χ2v) is 6.12. The lowest BCUT2D eigenvalue weighted by Crippen LogP contribution is -3.29. The summed E-state index contributed by atoms with van der Waals surface area (Å²) in [7, 11) is 1.63. The Hall–Kier alpha value is -1.60. The van der Waals surface area contributed by atoms with Gasteiger partial charge in [-0.3, -0.25) is 4.79 Å². The lowest BCUT2D eigenvalue weighted by molar-refractivity contribution is -1.02. The molecule has 0 radical (unpaired) electrons. The maximum Gasteiger partial charge on any atom is 0.416 e. The molecule has 0 bridgehead atoms. The van der Waals surface area contributed by atoms with Gasteiger partial charge in [-0.2, -0.15) is 13.2 Å². The van der Waals surface area contributed by atoms with Crippen LogP contribution in [0.5, 0.6) is 0 Å². The second-order valence-electron chi connectivity index (χ2n) is 6.12. The SMILES string of the molecule is CNC(=O)[C@@H](C)[NH+]1CC[NH+](Cc2cccc(C(F)(F)F)c2)CC1. The van der Waals surface area contributed by atoms with Crippen molar-refractivity contribution < 1.29 is 27.8 Å². The average molecular weight is 331 g/mol. The molecule has 1 fully saturated rings. The zero-order valence-corrected chi connectivity index (χ0v) is 13.5. The van der Waals surface area contributed by atoms with Crippen LogP contribution in [0.3, 0.4) is 0 Å². The van der Waals surface area contributed by atoms with Gasteiger partial charge >= 0.3 is 6.18 Å². The van der Waals surface area contributed by atoms with Crippen LogP contribution in [0.1, 0.15) is 18.1 Å². The highest BCUT2D eigenvalue weighted by molar-refractivity contribution is 5.79. The van der Waals surface area contributed by atoms with Gasteiger partial charge in [-0.25, -0.2) is 0 Å². The van der Waals surface area contributed by atoms with Gasteiger partial charge in [0, 0.05) is 12.6 Å². The first-order valence-electron chi connectivity index (χ1n) is 7.87. The average Bonchev–Trinajstić information content (AvgIpc) is 2.53. The molecule has 1 atom stereocenters. The minimum absolute atomic E-state index is 0.0290. The molecule has 3 N–H and O–H groups in total. The number of amides is 1. The van der Waals surface area contributed by atoms with E-state index in [4.69, 9.17) is 0 Å². The van der Waals surface area contributed by atoms with E-state index >= 15 is 0 Å². The smallest absolute Gasteiger partial charge is 0.354 e. The number of halogens is 3. The molecular formula is C16H24F3N3O+2. The third kappa shape index (κ3) is 4.68. The lowest BCUT2D eigenvalue weighted by atomic mass is 10.1. The summed E-state index contributed by atoms with van der Waals surface area (Å²) in [5.74, 6) is 0.0290. The molecule has 7 heteroatoms. The normalized spacial score (nSPS) is 23.3. The monoisotopic (exact) mass is 331 g/mol. The number of carbonyl (C=O) groups is 1. The fourth-order valence-corrected chi connectivity index (χ4v) is 3.08. The van der Waals surface area contributed by atoms with Crippen molar-refractivity contribution in [3.63, 3.8) is 0 Å². The quantitative estimate of drug-likeness (QED) is 0.659. The van der Waals surface area contributed by atoms with Crippen molar-refractivity contribution in [1.29, 1.82) is 0 Å². The maximum absolute atomic E-state index is 12.7. The van der Waals surface area contributed by atoms with Crippen molar-refractivity contribution in [1.82, 2.24) is 5.32 Å². The fourth-order valence-electron chi connectivity index (χ4n) is 3.08. The number of likely N-dealkylation sites (N-methyl/N-ethyl adjacent to an activating group) is 1. The number of rotatable bonds is 4. The molecule has 128 valence electrons. The van der Waals surface area contributed by atoms with Crippen LogP contribution in [0.15, 0.2) is 24.3 Å². The Morgan fingerprint density at radius 3 is 2.48 bits per heavy atom. The molecule has 4 nitrogen and oxygen atoms in total. The molecule has 0 spiro atoms. The zero-order chi connectivity index (χ0) is 17.0. The third-order valence-electron chi connectivity index (χ3n) is 4.56. The summed E-state index contributed by atoms with van der Waals surface area (Å²) >= 11 is 0. The number of nitrogens with one attached hydrogen (secondary N) is 3. The molecule has 1 aliphatic heterocycles. The van der Waals surface area contributed by atoms with Crippen LogP contribution in [0.25, 0.3) is 0 Å². The minimum Gasteiger partial charge on any atom is -0.354 e. The van der Waals surface area contributed by atoms with Gasteiger partial charge < -0.3 is 15.1 Å². The summed E-state index contributed by atoms with van der Waals surface area (Å²) < 4.78 is 38.2. The largest absolute Gasteiger partial charge is 0.416 e. The van der Waals surface area contributed by atoms with Gasteiger partial charge in [0.15, 0.2) is 6.04 Å². The fraction of sp³-hybridized carbons (Fsp3) is 0.562. The molecule has 1 aromatic rings. The van der Waals surface area contributed by atoms with Gasteiger partial charge in [-0.15, -0.1) is 0 Å². The Morgan fingerprint density at radius 2 is 1.91 bits per heavy atom. The Kier molecular flexibility index (Phi) is 5.64. The summed E-state index contributed by atoms with van der Waals surface area (Å²) in [6, 6.07) is 5.46. The Bertz CT molecular complexity index is 540. The molecule has 0 unspecified atom stereocenters. The van der Waals surface area contributed by atoms with Gasteiger partial charge in [-0.1, -0.05) is 12.1 Å². The molecule has 1 aromatic carbocycles. The Balaban J connectivity index is 1.91. The van der Waals surface area contributed by atoms with Crippen LogP contribution in [0, 0.1) is 0 Å². The van der Waals surface area contributed by atoms with E-state index in [2.05, 4.69) is 5.32 Å². The zero-order valence-electron chi connectivity index (χ0n) is 13.5. The van der Waals surface area contributed by atoms with E-state index < -0.39 is 11.7 Å². The first-order chi connectivity index (χ1) is 10.8. The number of alkyl halides is 3. The van der Waals surface area contributed by atoms with Gasteiger partial charge in [0.25, 0.3) is 5.91 Å². The Morgan fingerprint density at radius 1 is 1.26 bits per heavy atom. The van der Waals surface area contributed by atoms with Crippen molar-refractivity contribution in [2.24, 2.45) is 0 Å². The molecule has 0 saturated carbocycles. The number of quaternary nitrogens is 2. The van der Waals surface area contributed by atoms with Gasteiger partial charge in [0.1, 0.15) is 32.7 Å². The molecule has 0 aliphatic carbocycles. The summed E-state index contributed by atoms with van der Waals surface area (Å²) in [5, 5.41) is 2.66. The number of piperazine rings is 1. The molecule has 1 saturated heterocycles. The lowest BCUT2D eigenvalue weighted by Gasteiger charge is -2.32. The van der Waals surface area contributed by atoms with Crippen LogP contribution in [-0.2, 0) is 17.5 Å². The first kappa shape index (κ1) is 17.7. The van der Waals surface area contributed by atoms with E-state index in [0.29, 0.717) is 12.1 Å². The van der Waals surface area contributed by atoms with Crippen molar-refractivity contribution in [2.75, 3.05) is 33.2 Å². The van der Waals surface area contributed by atoms with Gasteiger partial charge in [0.2, 0.25) is 0 Å². The van der Waals surface area contributed by atoms with Crippen molar-refractivity contribution in [2.45, 2.75) is 25.7 Å². The van der Waals surface area contributed by atoms with E-state index in [0.717, 1.165) is 32.2 Å².